The van der Waals surface area contributed by atoms with Crippen LogP contribution < -0.4 is 11.1 Å². The zero-order valence-corrected chi connectivity index (χ0v) is 8.93. The first-order valence-corrected chi connectivity index (χ1v) is 4.63. The fourth-order valence-electron chi connectivity index (χ4n) is 0.797. The molecule has 0 aromatic carbocycles. The molecule has 0 aliphatic rings. The van der Waals surface area contributed by atoms with Gasteiger partial charge in [0, 0.05) is 6.20 Å². The third-order valence-corrected chi connectivity index (χ3v) is 2.08. The highest BCUT2D eigenvalue weighted by Gasteiger charge is 2.11. The lowest BCUT2D eigenvalue weighted by Gasteiger charge is -2.11. The van der Waals surface area contributed by atoms with Gasteiger partial charge in [-0.1, -0.05) is 23.2 Å². The van der Waals surface area contributed by atoms with E-state index in [9.17, 15) is 4.79 Å². The Balaban J connectivity index is 2.82. The van der Waals surface area contributed by atoms with Gasteiger partial charge in [-0.3, -0.25) is 4.79 Å². The quantitative estimate of drug-likeness (QED) is 0.835. The first-order valence-electron chi connectivity index (χ1n) is 3.87. The maximum absolute atomic E-state index is 10.7. The molecule has 1 aromatic rings. The lowest BCUT2D eigenvalue weighted by atomic mass is 10.3. The molecule has 76 valence electrons. The van der Waals surface area contributed by atoms with Gasteiger partial charge in [-0.2, -0.15) is 0 Å². The summed E-state index contributed by atoms with van der Waals surface area (Å²) in [5, 5.41) is 3.55. The van der Waals surface area contributed by atoms with Crippen LogP contribution in [0.1, 0.15) is 6.92 Å². The Morgan fingerprint density at radius 2 is 2.29 bits per heavy atom. The van der Waals surface area contributed by atoms with Gasteiger partial charge in [-0.05, 0) is 13.0 Å². The standard InChI is InChI=1S/C8H9Cl2N3O/c1-4(7(11)14)13-8-6(10)2-5(9)3-12-8/h2-4H,1H3,(H2,11,14)(H,12,13). The van der Waals surface area contributed by atoms with Gasteiger partial charge in [-0.25, -0.2) is 4.98 Å². The minimum absolute atomic E-state index is 0.352. The Kier molecular flexibility index (Phi) is 3.55. The van der Waals surface area contributed by atoms with Crippen LogP contribution >= 0.6 is 23.2 Å². The van der Waals surface area contributed by atoms with Crippen molar-refractivity contribution < 1.29 is 4.79 Å². The molecule has 0 fully saturated rings. The summed E-state index contributed by atoms with van der Waals surface area (Å²) in [5.74, 6) is -0.0832. The number of anilines is 1. The number of carbonyl (C=O) groups is 1. The van der Waals surface area contributed by atoms with E-state index in [1.54, 1.807) is 6.92 Å². The number of hydrogen-bond donors (Lipinski definition) is 2. The molecule has 0 radical (unpaired) electrons. The second-order valence-corrected chi connectivity index (χ2v) is 3.60. The third-order valence-electron chi connectivity index (χ3n) is 1.59. The molecule has 0 spiro atoms. The third kappa shape index (κ3) is 2.75. The minimum Gasteiger partial charge on any atom is -0.368 e. The molecule has 0 bridgehead atoms. The van der Waals surface area contributed by atoms with E-state index in [-0.39, 0.29) is 0 Å². The van der Waals surface area contributed by atoms with Gasteiger partial charge < -0.3 is 11.1 Å². The summed E-state index contributed by atoms with van der Waals surface area (Å²) in [6.07, 6.45) is 1.43. The van der Waals surface area contributed by atoms with Gasteiger partial charge in [0.25, 0.3) is 0 Å². The zero-order chi connectivity index (χ0) is 10.7. The molecule has 3 N–H and O–H groups in total. The maximum Gasteiger partial charge on any atom is 0.239 e. The van der Waals surface area contributed by atoms with E-state index in [2.05, 4.69) is 10.3 Å². The van der Waals surface area contributed by atoms with Crippen LogP contribution in [0.3, 0.4) is 0 Å². The van der Waals surface area contributed by atoms with Crippen molar-refractivity contribution in [2.45, 2.75) is 13.0 Å². The second-order valence-electron chi connectivity index (χ2n) is 2.75. The number of nitrogens with two attached hydrogens (primary N) is 1. The minimum atomic E-state index is -0.527. The predicted molar refractivity (Wildman–Crippen MR) is 56.5 cm³/mol. The van der Waals surface area contributed by atoms with Crippen LogP contribution in [0.4, 0.5) is 5.82 Å². The van der Waals surface area contributed by atoms with Gasteiger partial charge in [0.15, 0.2) is 0 Å². The van der Waals surface area contributed by atoms with Crippen molar-refractivity contribution in [3.05, 3.63) is 22.3 Å². The Morgan fingerprint density at radius 3 is 2.79 bits per heavy atom. The molecule has 1 rings (SSSR count). The molecule has 0 aliphatic heterocycles. The molecular formula is C8H9Cl2N3O. The van der Waals surface area contributed by atoms with Crippen molar-refractivity contribution in [2.24, 2.45) is 5.73 Å². The van der Waals surface area contributed by atoms with Crippen molar-refractivity contribution in [3.8, 4) is 0 Å². The van der Waals surface area contributed by atoms with Gasteiger partial charge in [0.1, 0.15) is 11.9 Å². The van der Waals surface area contributed by atoms with Crippen molar-refractivity contribution in [3.63, 3.8) is 0 Å². The summed E-state index contributed by atoms with van der Waals surface area (Å²) in [4.78, 5) is 14.7. The van der Waals surface area contributed by atoms with Crippen LogP contribution in [-0.2, 0) is 4.79 Å². The predicted octanol–water partition coefficient (Wildman–Crippen LogP) is 1.67. The van der Waals surface area contributed by atoms with Crippen molar-refractivity contribution in [2.75, 3.05) is 5.32 Å². The summed E-state index contributed by atoms with van der Waals surface area (Å²) in [6.45, 7) is 1.62. The molecule has 0 saturated heterocycles. The first-order chi connectivity index (χ1) is 6.50. The number of carbonyl (C=O) groups excluding carboxylic acids is 1. The molecule has 1 unspecified atom stereocenters. The molecular weight excluding hydrogens is 225 g/mol. The highest BCUT2D eigenvalue weighted by atomic mass is 35.5. The molecule has 6 heteroatoms. The van der Waals surface area contributed by atoms with Crippen LogP contribution in [0.5, 0.6) is 0 Å². The number of aromatic nitrogens is 1. The van der Waals surface area contributed by atoms with Gasteiger partial charge in [0.05, 0.1) is 10.0 Å². The average molecular weight is 234 g/mol. The van der Waals surface area contributed by atoms with Crippen LogP contribution in [0.25, 0.3) is 0 Å². The first kappa shape index (κ1) is 11.1. The zero-order valence-electron chi connectivity index (χ0n) is 7.42. The SMILES string of the molecule is CC(Nc1ncc(Cl)cc1Cl)C(N)=O. The number of pyridine rings is 1. The molecule has 1 heterocycles. The number of primary amides is 1. The molecule has 14 heavy (non-hydrogen) atoms. The van der Waals surface area contributed by atoms with Crippen molar-refractivity contribution >= 4 is 34.9 Å². The van der Waals surface area contributed by atoms with E-state index >= 15 is 0 Å². The van der Waals surface area contributed by atoms with Gasteiger partial charge >= 0.3 is 0 Å². The Labute approximate surface area is 91.4 Å². The number of amides is 1. The highest BCUT2D eigenvalue weighted by molar-refractivity contribution is 6.36. The molecule has 0 aliphatic carbocycles. The molecule has 1 aromatic heterocycles. The van der Waals surface area contributed by atoms with Crippen LogP contribution in [0.15, 0.2) is 12.3 Å². The van der Waals surface area contributed by atoms with Gasteiger partial charge in [-0.15, -0.1) is 0 Å². The largest absolute Gasteiger partial charge is 0.368 e. The number of halogens is 2. The van der Waals surface area contributed by atoms with Gasteiger partial charge in [0.2, 0.25) is 5.91 Å². The van der Waals surface area contributed by atoms with E-state index in [1.807, 2.05) is 0 Å². The Hall–Kier alpha value is -1.00. The van der Waals surface area contributed by atoms with Crippen molar-refractivity contribution in [1.29, 1.82) is 0 Å². The molecule has 1 amide bonds. The fourth-order valence-corrected chi connectivity index (χ4v) is 1.23. The lowest BCUT2D eigenvalue weighted by Crippen LogP contribution is -2.32. The average Bonchev–Trinajstić information content (AvgIpc) is 2.09. The normalized spacial score (nSPS) is 12.2. The lowest BCUT2D eigenvalue weighted by molar-refractivity contribution is -0.118. The number of rotatable bonds is 3. The summed E-state index contributed by atoms with van der Waals surface area (Å²) in [5.41, 5.74) is 5.07. The monoisotopic (exact) mass is 233 g/mol. The summed E-state index contributed by atoms with van der Waals surface area (Å²) < 4.78 is 0. The smallest absolute Gasteiger partial charge is 0.239 e. The summed E-state index contributed by atoms with van der Waals surface area (Å²) >= 11 is 11.5. The fraction of sp³-hybridized carbons (Fsp3) is 0.250. The van der Waals surface area contributed by atoms with Crippen molar-refractivity contribution in [1.82, 2.24) is 4.98 Å². The van der Waals surface area contributed by atoms with E-state index in [0.29, 0.717) is 15.9 Å². The summed E-state index contributed by atoms with van der Waals surface area (Å²) in [6, 6.07) is 1.01. The highest BCUT2D eigenvalue weighted by Crippen LogP contribution is 2.22. The molecule has 1 atom stereocenters. The van der Waals surface area contributed by atoms with E-state index < -0.39 is 11.9 Å². The Bertz CT molecular complexity index is 356. The molecule has 4 nitrogen and oxygen atoms in total. The summed E-state index contributed by atoms with van der Waals surface area (Å²) in [7, 11) is 0. The molecule has 0 saturated carbocycles. The van der Waals surface area contributed by atoms with Crippen LogP contribution in [0.2, 0.25) is 10.0 Å². The number of hydrogen-bond acceptors (Lipinski definition) is 3. The van der Waals surface area contributed by atoms with E-state index in [1.165, 1.54) is 12.3 Å². The topological polar surface area (TPSA) is 68.0 Å². The van der Waals surface area contributed by atoms with E-state index in [0.717, 1.165) is 0 Å². The van der Waals surface area contributed by atoms with E-state index in [4.69, 9.17) is 28.9 Å². The Morgan fingerprint density at radius 1 is 1.64 bits per heavy atom. The van der Waals surface area contributed by atoms with Crippen LogP contribution in [0, 0.1) is 0 Å². The second kappa shape index (κ2) is 4.48. The maximum atomic E-state index is 10.7. The van der Waals surface area contributed by atoms with Crippen LogP contribution in [-0.4, -0.2) is 16.9 Å². The number of nitrogens with zero attached hydrogens (tertiary/aromatic N) is 1. The number of nitrogens with one attached hydrogen (secondary N) is 1.